The van der Waals surface area contributed by atoms with Gasteiger partial charge in [0.25, 0.3) is 0 Å². The maximum absolute atomic E-state index is 5.47. The van der Waals surface area contributed by atoms with Gasteiger partial charge in [-0.05, 0) is 43.2 Å². The minimum absolute atomic E-state index is 0.541. The van der Waals surface area contributed by atoms with Crippen LogP contribution in [0.25, 0.3) is 0 Å². The van der Waals surface area contributed by atoms with Crippen molar-refractivity contribution in [1.82, 2.24) is 4.90 Å². The summed E-state index contributed by atoms with van der Waals surface area (Å²) in [5.41, 5.74) is 8.14. The van der Waals surface area contributed by atoms with Crippen LogP contribution in [0.4, 0.5) is 0 Å². The van der Waals surface area contributed by atoms with E-state index >= 15 is 0 Å². The molecule has 1 aromatic rings. The van der Waals surface area contributed by atoms with Crippen LogP contribution in [0, 0.1) is 0 Å². The van der Waals surface area contributed by atoms with Crippen LogP contribution in [0.1, 0.15) is 18.4 Å². The normalized spacial score (nSPS) is 13.5. The van der Waals surface area contributed by atoms with Crippen LogP contribution >= 0.6 is 0 Å². The molecule has 0 atom stereocenters. The first-order valence-corrected chi connectivity index (χ1v) is 7.08. The molecule has 2 N–H and O–H groups in total. The molecular weight excluding hydrogens is 252 g/mol. The summed E-state index contributed by atoms with van der Waals surface area (Å²) < 4.78 is 10.9. The van der Waals surface area contributed by atoms with E-state index in [1.165, 1.54) is 24.0 Å². The van der Waals surface area contributed by atoms with Crippen molar-refractivity contribution in [3.05, 3.63) is 41.2 Å². The Bertz CT molecular complexity index is 448. The second-order valence-corrected chi connectivity index (χ2v) is 5.18. The third-order valence-electron chi connectivity index (χ3n) is 3.32. The van der Waals surface area contributed by atoms with Gasteiger partial charge in [0, 0.05) is 13.1 Å². The van der Waals surface area contributed by atoms with E-state index in [1.54, 1.807) is 7.11 Å². The van der Waals surface area contributed by atoms with E-state index in [-0.39, 0.29) is 0 Å². The zero-order chi connectivity index (χ0) is 14.4. The van der Waals surface area contributed by atoms with E-state index in [9.17, 15) is 0 Å². The fourth-order valence-electron chi connectivity index (χ4n) is 2.14. The zero-order valence-electron chi connectivity index (χ0n) is 12.4. The highest BCUT2D eigenvalue weighted by Crippen LogP contribution is 2.32. The second kappa shape index (κ2) is 7.31. The third-order valence-corrected chi connectivity index (χ3v) is 3.32. The van der Waals surface area contributed by atoms with Crippen molar-refractivity contribution in [2.45, 2.75) is 19.4 Å². The third kappa shape index (κ3) is 4.54. The number of rotatable bonds is 8. The van der Waals surface area contributed by atoms with Crippen molar-refractivity contribution in [2.24, 2.45) is 5.73 Å². The van der Waals surface area contributed by atoms with Crippen molar-refractivity contribution < 1.29 is 9.47 Å². The Morgan fingerprint density at radius 1 is 1.25 bits per heavy atom. The number of nitrogens with two attached hydrogens (primary N) is 1. The molecule has 1 aliphatic rings. The van der Waals surface area contributed by atoms with Crippen molar-refractivity contribution in [3.8, 4) is 5.75 Å². The van der Waals surface area contributed by atoms with Crippen molar-refractivity contribution >= 4 is 0 Å². The molecule has 1 aromatic carbocycles. The van der Waals surface area contributed by atoms with E-state index < -0.39 is 0 Å². The fourth-order valence-corrected chi connectivity index (χ4v) is 2.14. The molecule has 1 fully saturated rings. The summed E-state index contributed by atoms with van der Waals surface area (Å²) in [5, 5.41) is 0. The summed E-state index contributed by atoms with van der Waals surface area (Å²) in [6.45, 7) is 2.87. The summed E-state index contributed by atoms with van der Waals surface area (Å²) in [4.78, 5) is 2.26. The number of hydrogen-bond acceptors (Lipinski definition) is 4. The van der Waals surface area contributed by atoms with E-state index in [0.717, 1.165) is 24.6 Å². The van der Waals surface area contributed by atoms with Crippen LogP contribution in [-0.4, -0.2) is 38.8 Å². The van der Waals surface area contributed by atoms with Gasteiger partial charge in [-0.2, -0.15) is 0 Å². The first kappa shape index (κ1) is 14.9. The molecule has 0 spiro atoms. The number of allylic oxidation sites excluding steroid dienone is 1. The van der Waals surface area contributed by atoms with Crippen molar-refractivity contribution in [3.63, 3.8) is 0 Å². The first-order valence-electron chi connectivity index (χ1n) is 7.08. The van der Waals surface area contributed by atoms with Gasteiger partial charge in [-0.1, -0.05) is 12.1 Å². The van der Waals surface area contributed by atoms with Gasteiger partial charge in [0.05, 0.1) is 13.7 Å². The molecule has 2 rings (SSSR count). The van der Waals surface area contributed by atoms with Gasteiger partial charge in [0.2, 0.25) is 0 Å². The first-order chi connectivity index (χ1) is 9.72. The maximum atomic E-state index is 5.47. The highest BCUT2D eigenvalue weighted by molar-refractivity contribution is 5.27. The van der Waals surface area contributed by atoms with Crippen LogP contribution in [0.3, 0.4) is 0 Å². The Labute approximate surface area is 121 Å². The van der Waals surface area contributed by atoms with Crippen LogP contribution < -0.4 is 10.5 Å². The molecule has 4 nitrogen and oxygen atoms in total. The number of methoxy groups -OCH3 is 1. The van der Waals surface area contributed by atoms with Gasteiger partial charge in [-0.15, -0.1) is 0 Å². The van der Waals surface area contributed by atoms with E-state index in [0.29, 0.717) is 13.2 Å². The summed E-state index contributed by atoms with van der Waals surface area (Å²) in [6.07, 6.45) is 2.40. The van der Waals surface area contributed by atoms with Gasteiger partial charge in [0.15, 0.2) is 0 Å². The van der Waals surface area contributed by atoms with E-state index in [1.807, 2.05) is 12.1 Å². The van der Waals surface area contributed by atoms with Gasteiger partial charge in [-0.25, -0.2) is 0 Å². The minimum atomic E-state index is 0.541. The minimum Gasteiger partial charge on any atom is -0.500 e. The molecule has 0 aliphatic heterocycles. The van der Waals surface area contributed by atoms with Gasteiger partial charge in [0.1, 0.15) is 18.1 Å². The van der Waals surface area contributed by atoms with Gasteiger partial charge >= 0.3 is 0 Å². The number of ether oxygens (including phenoxy) is 2. The lowest BCUT2D eigenvalue weighted by atomic mass is 10.2. The molecule has 1 aliphatic carbocycles. The Morgan fingerprint density at radius 2 is 1.95 bits per heavy atom. The Kier molecular flexibility index (Phi) is 5.44. The maximum Gasteiger partial charge on any atom is 0.119 e. The number of benzene rings is 1. The smallest absolute Gasteiger partial charge is 0.119 e. The predicted molar refractivity (Wildman–Crippen MR) is 80.6 cm³/mol. The molecular formula is C16H24N2O2. The monoisotopic (exact) mass is 276 g/mol. The average molecular weight is 276 g/mol. The number of likely N-dealkylation sites (N-methyl/N-ethyl adjacent to an activating group) is 1. The molecule has 0 aromatic heterocycles. The second-order valence-electron chi connectivity index (χ2n) is 5.18. The molecule has 0 bridgehead atoms. The van der Waals surface area contributed by atoms with E-state index in [4.69, 9.17) is 15.2 Å². The molecule has 0 heterocycles. The Morgan fingerprint density at radius 3 is 2.50 bits per heavy atom. The summed E-state index contributed by atoms with van der Waals surface area (Å²) in [6, 6.07) is 8.18. The molecule has 0 amide bonds. The van der Waals surface area contributed by atoms with Crippen molar-refractivity contribution in [2.75, 3.05) is 33.9 Å². The topological polar surface area (TPSA) is 47.7 Å². The summed E-state index contributed by atoms with van der Waals surface area (Å²) in [5.74, 6) is 2.01. The molecule has 4 heteroatoms. The molecule has 1 saturated carbocycles. The average Bonchev–Trinajstić information content (AvgIpc) is 3.28. The zero-order valence-corrected chi connectivity index (χ0v) is 12.4. The summed E-state index contributed by atoms with van der Waals surface area (Å²) >= 11 is 0. The van der Waals surface area contributed by atoms with Crippen molar-refractivity contribution in [1.29, 1.82) is 0 Å². The van der Waals surface area contributed by atoms with E-state index in [2.05, 4.69) is 24.1 Å². The van der Waals surface area contributed by atoms with Crippen LogP contribution in [-0.2, 0) is 11.3 Å². The van der Waals surface area contributed by atoms with Gasteiger partial charge < -0.3 is 15.2 Å². The molecule has 0 radical (unpaired) electrons. The SMILES string of the molecule is COC(CN(C)Cc1ccc(OCCN)cc1)=C1CC1. The Hall–Kier alpha value is -1.52. The number of nitrogens with zero attached hydrogens (tertiary/aromatic N) is 1. The predicted octanol–water partition coefficient (Wildman–Crippen LogP) is 2.15. The fraction of sp³-hybridized carbons (Fsp3) is 0.500. The molecule has 0 saturated heterocycles. The van der Waals surface area contributed by atoms with Gasteiger partial charge in [-0.3, -0.25) is 4.90 Å². The standard InChI is InChI=1S/C16H24N2O2/c1-18(12-16(19-2)14-5-6-14)11-13-3-7-15(8-4-13)20-10-9-17/h3-4,7-8H,5-6,9-12,17H2,1-2H3. The highest BCUT2D eigenvalue weighted by atomic mass is 16.5. The quantitative estimate of drug-likeness (QED) is 0.739. The lowest BCUT2D eigenvalue weighted by Crippen LogP contribution is -2.21. The van der Waals surface area contributed by atoms with Crippen LogP contribution in [0.2, 0.25) is 0 Å². The molecule has 20 heavy (non-hydrogen) atoms. The lowest BCUT2D eigenvalue weighted by Gasteiger charge is -2.18. The number of hydrogen-bond donors (Lipinski definition) is 1. The lowest BCUT2D eigenvalue weighted by molar-refractivity contribution is 0.229. The molecule has 0 unspecified atom stereocenters. The Balaban J connectivity index is 1.84. The molecule has 110 valence electrons. The summed E-state index contributed by atoms with van der Waals surface area (Å²) in [7, 11) is 3.87. The van der Waals surface area contributed by atoms with Crippen LogP contribution in [0.15, 0.2) is 35.6 Å². The highest BCUT2D eigenvalue weighted by Gasteiger charge is 2.19. The largest absolute Gasteiger partial charge is 0.500 e. The van der Waals surface area contributed by atoms with Crippen LogP contribution in [0.5, 0.6) is 5.75 Å².